The first-order valence-electron chi connectivity index (χ1n) is 5.57. The zero-order valence-electron chi connectivity index (χ0n) is 9.69. The molecule has 0 saturated carbocycles. The molecule has 3 N–H and O–H groups in total. The number of hydrogen-bond acceptors (Lipinski definition) is 4. The van der Waals surface area contributed by atoms with Gasteiger partial charge in [-0.1, -0.05) is 6.07 Å². The molecule has 1 saturated heterocycles. The molecule has 1 heterocycles. The van der Waals surface area contributed by atoms with Crippen molar-refractivity contribution in [3.63, 3.8) is 0 Å². The van der Waals surface area contributed by atoms with Gasteiger partial charge in [-0.25, -0.2) is 0 Å². The van der Waals surface area contributed by atoms with E-state index in [1.54, 1.807) is 12.1 Å². The molecule has 1 amide bonds. The van der Waals surface area contributed by atoms with E-state index in [2.05, 4.69) is 10.6 Å². The SMILES string of the molecule is COc1cc(C2CNC(=O)CCN2)ccc1O. The predicted molar refractivity (Wildman–Crippen MR) is 63.0 cm³/mol. The van der Waals surface area contributed by atoms with E-state index in [9.17, 15) is 9.90 Å². The topological polar surface area (TPSA) is 70.6 Å². The number of amides is 1. The Hall–Kier alpha value is -1.75. The fourth-order valence-electron chi connectivity index (χ4n) is 1.88. The molecule has 1 aliphatic rings. The highest BCUT2D eigenvalue weighted by Gasteiger charge is 2.17. The molecule has 0 aliphatic carbocycles. The Morgan fingerprint density at radius 2 is 2.29 bits per heavy atom. The first-order chi connectivity index (χ1) is 8.20. The predicted octanol–water partition coefficient (Wildman–Crippen LogP) is 0.551. The molecule has 92 valence electrons. The van der Waals surface area contributed by atoms with E-state index in [1.165, 1.54) is 7.11 Å². The fraction of sp³-hybridized carbons (Fsp3) is 0.417. The second-order valence-electron chi connectivity index (χ2n) is 3.99. The molecule has 0 radical (unpaired) electrons. The lowest BCUT2D eigenvalue weighted by molar-refractivity contribution is -0.120. The van der Waals surface area contributed by atoms with Gasteiger partial charge in [0.25, 0.3) is 0 Å². The monoisotopic (exact) mass is 236 g/mol. The number of carbonyl (C=O) groups is 1. The van der Waals surface area contributed by atoms with Gasteiger partial charge in [-0.2, -0.15) is 0 Å². The van der Waals surface area contributed by atoms with Crippen LogP contribution in [0.2, 0.25) is 0 Å². The number of methoxy groups -OCH3 is 1. The van der Waals surface area contributed by atoms with E-state index < -0.39 is 0 Å². The summed E-state index contributed by atoms with van der Waals surface area (Å²) in [6.07, 6.45) is 0.492. The molecule has 1 aliphatic heterocycles. The quantitative estimate of drug-likeness (QED) is 0.701. The van der Waals surface area contributed by atoms with E-state index >= 15 is 0 Å². The molecule has 1 unspecified atom stereocenters. The third-order valence-corrected chi connectivity index (χ3v) is 2.85. The molecule has 0 spiro atoms. The molecule has 1 aromatic rings. The zero-order chi connectivity index (χ0) is 12.3. The average Bonchev–Trinajstić information content (AvgIpc) is 2.55. The molecule has 1 fully saturated rings. The van der Waals surface area contributed by atoms with Crippen LogP contribution in [0.4, 0.5) is 0 Å². The number of phenols is 1. The third kappa shape index (κ3) is 2.68. The number of phenolic OH excluding ortho intramolecular Hbond substituents is 1. The van der Waals surface area contributed by atoms with E-state index in [0.717, 1.165) is 5.56 Å². The van der Waals surface area contributed by atoms with Crippen LogP contribution in [0.1, 0.15) is 18.0 Å². The molecule has 0 bridgehead atoms. The highest BCUT2D eigenvalue weighted by atomic mass is 16.5. The number of hydrogen-bond donors (Lipinski definition) is 3. The Morgan fingerprint density at radius 3 is 3.06 bits per heavy atom. The van der Waals surface area contributed by atoms with Crippen LogP contribution < -0.4 is 15.4 Å². The highest BCUT2D eigenvalue weighted by molar-refractivity contribution is 5.76. The average molecular weight is 236 g/mol. The van der Waals surface area contributed by atoms with E-state index in [4.69, 9.17) is 4.74 Å². The van der Waals surface area contributed by atoms with Crippen molar-refractivity contribution in [1.82, 2.24) is 10.6 Å². The molecule has 17 heavy (non-hydrogen) atoms. The first kappa shape index (κ1) is 11.7. The highest BCUT2D eigenvalue weighted by Crippen LogP contribution is 2.28. The van der Waals surface area contributed by atoms with Gasteiger partial charge in [-0.15, -0.1) is 0 Å². The maximum absolute atomic E-state index is 11.2. The summed E-state index contributed by atoms with van der Waals surface area (Å²) >= 11 is 0. The molecule has 2 rings (SSSR count). The number of nitrogens with one attached hydrogen (secondary N) is 2. The Morgan fingerprint density at radius 1 is 1.47 bits per heavy atom. The zero-order valence-corrected chi connectivity index (χ0v) is 9.69. The van der Waals surface area contributed by atoms with Gasteiger partial charge in [0.15, 0.2) is 11.5 Å². The molecular weight excluding hydrogens is 220 g/mol. The molecule has 0 aromatic heterocycles. The van der Waals surface area contributed by atoms with Crippen molar-refractivity contribution in [3.8, 4) is 11.5 Å². The van der Waals surface area contributed by atoms with E-state index in [0.29, 0.717) is 25.3 Å². The maximum Gasteiger partial charge on any atom is 0.221 e. The van der Waals surface area contributed by atoms with Crippen molar-refractivity contribution in [3.05, 3.63) is 23.8 Å². The lowest BCUT2D eigenvalue weighted by Gasteiger charge is -2.17. The standard InChI is InChI=1S/C12H16N2O3/c1-17-11-6-8(2-3-10(11)15)9-7-14-12(16)4-5-13-9/h2-3,6,9,13,15H,4-5,7H2,1H3,(H,14,16). The van der Waals surface area contributed by atoms with Gasteiger partial charge in [0.1, 0.15) is 0 Å². The van der Waals surface area contributed by atoms with Crippen molar-refractivity contribution in [2.24, 2.45) is 0 Å². The van der Waals surface area contributed by atoms with E-state index in [1.807, 2.05) is 6.07 Å². The summed E-state index contributed by atoms with van der Waals surface area (Å²) in [5.41, 5.74) is 0.988. The van der Waals surface area contributed by atoms with Gasteiger partial charge in [0.05, 0.1) is 7.11 Å². The molecule has 1 atom stereocenters. The minimum absolute atomic E-state index is 0.0518. The minimum atomic E-state index is 0.0518. The summed E-state index contributed by atoms with van der Waals surface area (Å²) < 4.78 is 5.06. The van der Waals surface area contributed by atoms with E-state index in [-0.39, 0.29) is 17.7 Å². The molecule has 5 nitrogen and oxygen atoms in total. The van der Waals surface area contributed by atoms with Crippen LogP contribution in [-0.4, -0.2) is 31.2 Å². The fourth-order valence-corrected chi connectivity index (χ4v) is 1.88. The lowest BCUT2D eigenvalue weighted by Crippen LogP contribution is -2.28. The minimum Gasteiger partial charge on any atom is -0.504 e. The van der Waals surface area contributed by atoms with Crippen molar-refractivity contribution in [2.45, 2.75) is 12.5 Å². The molecule has 1 aromatic carbocycles. The summed E-state index contributed by atoms with van der Waals surface area (Å²) in [4.78, 5) is 11.2. The van der Waals surface area contributed by atoms with Gasteiger partial charge in [-0.3, -0.25) is 4.79 Å². The Balaban J connectivity index is 2.18. The second kappa shape index (κ2) is 5.05. The van der Waals surface area contributed by atoms with Gasteiger partial charge in [0, 0.05) is 25.6 Å². The van der Waals surface area contributed by atoms with Crippen LogP contribution in [0.3, 0.4) is 0 Å². The largest absolute Gasteiger partial charge is 0.504 e. The van der Waals surface area contributed by atoms with Gasteiger partial charge < -0.3 is 20.5 Å². The van der Waals surface area contributed by atoms with Crippen LogP contribution in [0.15, 0.2) is 18.2 Å². The third-order valence-electron chi connectivity index (χ3n) is 2.85. The van der Waals surface area contributed by atoms with Crippen LogP contribution in [0.25, 0.3) is 0 Å². The number of aromatic hydroxyl groups is 1. The van der Waals surface area contributed by atoms with Gasteiger partial charge in [0.2, 0.25) is 5.91 Å². The van der Waals surface area contributed by atoms with Crippen LogP contribution in [-0.2, 0) is 4.79 Å². The summed E-state index contributed by atoms with van der Waals surface area (Å²) in [6, 6.07) is 5.26. The van der Waals surface area contributed by atoms with Crippen LogP contribution in [0.5, 0.6) is 11.5 Å². The van der Waals surface area contributed by atoms with Gasteiger partial charge >= 0.3 is 0 Å². The first-order valence-corrected chi connectivity index (χ1v) is 5.57. The number of carbonyl (C=O) groups excluding carboxylic acids is 1. The Labute approximate surface area is 99.8 Å². The van der Waals surface area contributed by atoms with Crippen molar-refractivity contribution < 1.29 is 14.6 Å². The smallest absolute Gasteiger partial charge is 0.221 e. The molecular formula is C12H16N2O3. The Bertz CT molecular complexity index is 420. The number of ether oxygens (including phenoxy) is 1. The van der Waals surface area contributed by atoms with Crippen molar-refractivity contribution in [2.75, 3.05) is 20.2 Å². The second-order valence-corrected chi connectivity index (χ2v) is 3.99. The van der Waals surface area contributed by atoms with Crippen molar-refractivity contribution >= 4 is 5.91 Å². The molecule has 5 heteroatoms. The number of benzene rings is 1. The van der Waals surface area contributed by atoms with Crippen molar-refractivity contribution in [1.29, 1.82) is 0 Å². The summed E-state index contributed by atoms with van der Waals surface area (Å²) in [7, 11) is 1.52. The summed E-state index contributed by atoms with van der Waals surface area (Å²) in [5, 5.41) is 15.6. The Kier molecular flexibility index (Phi) is 3.49. The summed E-state index contributed by atoms with van der Waals surface area (Å²) in [6.45, 7) is 1.20. The van der Waals surface area contributed by atoms with Crippen LogP contribution >= 0.6 is 0 Å². The normalized spacial score (nSPS) is 20.5. The lowest BCUT2D eigenvalue weighted by atomic mass is 10.1. The van der Waals surface area contributed by atoms with Gasteiger partial charge in [-0.05, 0) is 17.7 Å². The number of rotatable bonds is 2. The summed E-state index contributed by atoms with van der Waals surface area (Å²) in [5.74, 6) is 0.625. The maximum atomic E-state index is 11.2. The van der Waals surface area contributed by atoms with Crippen LogP contribution in [0, 0.1) is 0 Å².